The molecule has 0 radical (unpaired) electrons. The molecule has 3 unspecified atom stereocenters. The predicted molar refractivity (Wildman–Crippen MR) is 127 cm³/mol. The topological polar surface area (TPSA) is 44.2 Å². The van der Waals surface area contributed by atoms with Crippen LogP contribution in [0.25, 0.3) is 34.0 Å². The molecule has 0 spiro atoms. The van der Waals surface area contributed by atoms with Gasteiger partial charge in [0.05, 0.1) is 35.8 Å². The third-order valence-corrected chi connectivity index (χ3v) is 7.17. The molecule has 2 heterocycles. The molecule has 3 aromatic rings. The fraction of sp³-hybridized carbons (Fsp3) is 0.407. The number of benzene rings is 2. The summed E-state index contributed by atoms with van der Waals surface area (Å²) in [4.78, 5) is 10.2. The van der Waals surface area contributed by atoms with E-state index >= 15 is 0 Å². The zero-order valence-corrected chi connectivity index (χ0v) is 18.8. The van der Waals surface area contributed by atoms with E-state index in [-0.39, 0.29) is 5.60 Å². The number of methoxy groups -OCH3 is 1. The molecule has 4 nitrogen and oxygen atoms in total. The van der Waals surface area contributed by atoms with E-state index in [1.165, 1.54) is 18.4 Å². The van der Waals surface area contributed by atoms with Gasteiger partial charge in [0, 0.05) is 28.3 Å². The van der Waals surface area contributed by atoms with Gasteiger partial charge in [-0.25, -0.2) is 9.97 Å². The quantitative estimate of drug-likeness (QED) is 0.352. The molecule has 2 aliphatic rings. The van der Waals surface area contributed by atoms with Crippen molar-refractivity contribution in [1.82, 2.24) is 9.97 Å². The van der Waals surface area contributed by atoms with Crippen molar-refractivity contribution in [2.24, 2.45) is 11.8 Å². The van der Waals surface area contributed by atoms with Crippen LogP contribution < -0.4 is 4.74 Å². The van der Waals surface area contributed by atoms with Gasteiger partial charge in [-0.15, -0.1) is 0 Å². The zero-order valence-electron chi connectivity index (χ0n) is 18.8. The van der Waals surface area contributed by atoms with Crippen molar-refractivity contribution < 1.29 is 9.47 Å². The van der Waals surface area contributed by atoms with Gasteiger partial charge in [-0.3, -0.25) is 0 Å². The standard InChI is InChI=1S/C27H30N2O2/c1-6-21-22(13-14-30-5)29-24-17-9-7-8-10-18(17)26-23(25(24)28-21)19-15-16(2)11-12-20(19)27(3,4)31-26/h6-10,13-14,16,19-20H,1,11-12,15H2,2-5H3/b14-13-. The molecule has 0 bridgehead atoms. The molecule has 31 heavy (non-hydrogen) atoms. The minimum atomic E-state index is -0.204. The van der Waals surface area contributed by atoms with Crippen LogP contribution in [-0.2, 0) is 4.74 Å². The minimum absolute atomic E-state index is 0.204. The molecule has 160 valence electrons. The first-order valence-corrected chi connectivity index (χ1v) is 11.2. The fourth-order valence-electron chi connectivity index (χ4n) is 5.71. The van der Waals surface area contributed by atoms with Crippen LogP contribution >= 0.6 is 0 Å². The second kappa shape index (κ2) is 7.37. The monoisotopic (exact) mass is 414 g/mol. The van der Waals surface area contributed by atoms with Crippen LogP contribution in [0.1, 0.15) is 62.9 Å². The van der Waals surface area contributed by atoms with E-state index in [1.807, 2.05) is 6.08 Å². The van der Waals surface area contributed by atoms with E-state index in [4.69, 9.17) is 19.4 Å². The molecule has 1 saturated carbocycles. The molecule has 0 saturated heterocycles. The third-order valence-electron chi connectivity index (χ3n) is 7.17. The number of ether oxygens (including phenoxy) is 2. The van der Waals surface area contributed by atoms with E-state index < -0.39 is 0 Å². The van der Waals surface area contributed by atoms with Crippen molar-refractivity contribution in [1.29, 1.82) is 0 Å². The summed E-state index contributed by atoms with van der Waals surface area (Å²) in [6, 6.07) is 8.42. The first kappa shape index (κ1) is 20.0. The second-order valence-electron chi connectivity index (χ2n) is 9.56. The summed E-state index contributed by atoms with van der Waals surface area (Å²) in [6.07, 6.45) is 8.86. The second-order valence-corrected chi connectivity index (χ2v) is 9.56. The molecule has 4 heteroatoms. The Morgan fingerprint density at radius 2 is 1.84 bits per heavy atom. The van der Waals surface area contributed by atoms with Gasteiger partial charge in [-0.1, -0.05) is 44.2 Å². The fourth-order valence-corrected chi connectivity index (χ4v) is 5.71. The molecular formula is C27H30N2O2. The first-order valence-electron chi connectivity index (χ1n) is 11.2. The lowest BCUT2D eigenvalue weighted by molar-refractivity contribution is -0.0115. The Morgan fingerprint density at radius 3 is 2.58 bits per heavy atom. The average Bonchev–Trinajstić information content (AvgIpc) is 2.76. The van der Waals surface area contributed by atoms with E-state index in [9.17, 15) is 0 Å². The molecule has 5 rings (SSSR count). The Bertz CT molecular complexity index is 1210. The smallest absolute Gasteiger partial charge is 0.133 e. The normalized spacial score (nSPS) is 24.6. The van der Waals surface area contributed by atoms with E-state index in [1.54, 1.807) is 19.4 Å². The minimum Gasteiger partial charge on any atom is -0.504 e. The number of fused-ring (bicyclic) bond motifs is 8. The lowest BCUT2D eigenvalue weighted by atomic mass is 9.64. The van der Waals surface area contributed by atoms with Crippen LogP contribution in [0.2, 0.25) is 0 Å². The summed E-state index contributed by atoms with van der Waals surface area (Å²) in [7, 11) is 1.63. The average molecular weight is 415 g/mol. The summed E-state index contributed by atoms with van der Waals surface area (Å²) in [5.41, 5.74) is 4.45. The Morgan fingerprint density at radius 1 is 1.10 bits per heavy atom. The maximum Gasteiger partial charge on any atom is 0.133 e. The summed E-state index contributed by atoms with van der Waals surface area (Å²) in [6.45, 7) is 10.9. The summed E-state index contributed by atoms with van der Waals surface area (Å²) >= 11 is 0. The van der Waals surface area contributed by atoms with Crippen LogP contribution in [0.5, 0.6) is 5.75 Å². The van der Waals surface area contributed by atoms with Gasteiger partial charge in [0.15, 0.2) is 0 Å². The number of aromatic nitrogens is 2. The molecule has 1 aliphatic carbocycles. The largest absolute Gasteiger partial charge is 0.504 e. The molecule has 1 fully saturated rings. The molecular weight excluding hydrogens is 384 g/mol. The number of nitrogens with zero attached hydrogens (tertiary/aromatic N) is 2. The molecule has 1 aliphatic heterocycles. The van der Waals surface area contributed by atoms with Crippen LogP contribution in [0.3, 0.4) is 0 Å². The highest BCUT2D eigenvalue weighted by Crippen LogP contribution is 2.56. The first-order chi connectivity index (χ1) is 14.9. The number of rotatable bonds is 3. The molecule has 0 amide bonds. The molecule has 2 aromatic carbocycles. The van der Waals surface area contributed by atoms with Gasteiger partial charge in [0.2, 0.25) is 0 Å². The van der Waals surface area contributed by atoms with Crippen molar-refractivity contribution in [2.75, 3.05) is 7.11 Å². The molecule has 1 aromatic heterocycles. The van der Waals surface area contributed by atoms with Gasteiger partial charge in [-0.05, 0) is 44.6 Å². The van der Waals surface area contributed by atoms with Gasteiger partial charge in [-0.2, -0.15) is 0 Å². The Kier molecular flexibility index (Phi) is 4.76. The lowest BCUT2D eigenvalue weighted by Crippen LogP contribution is -2.46. The lowest BCUT2D eigenvalue weighted by Gasteiger charge is -2.49. The highest BCUT2D eigenvalue weighted by Gasteiger charge is 2.47. The Labute approximate surface area is 184 Å². The van der Waals surface area contributed by atoms with Crippen LogP contribution in [0.15, 0.2) is 37.1 Å². The Balaban J connectivity index is 1.90. The maximum absolute atomic E-state index is 6.79. The molecule has 0 N–H and O–H groups in total. The summed E-state index contributed by atoms with van der Waals surface area (Å²) < 4.78 is 11.9. The van der Waals surface area contributed by atoms with Gasteiger partial charge < -0.3 is 9.47 Å². The van der Waals surface area contributed by atoms with Gasteiger partial charge in [0.1, 0.15) is 11.4 Å². The summed E-state index contributed by atoms with van der Waals surface area (Å²) in [5, 5.41) is 2.20. The predicted octanol–water partition coefficient (Wildman–Crippen LogP) is 6.73. The highest BCUT2D eigenvalue weighted by atomic mass is 16.5. The van der Waals surface area contributed by atoms with Crippen LogP contribution in [0.4, 0.5) is 0 Å². The summed E-state index contributed by atoms with van der Waals surface area (Å²) in [5.74, 6) is 2.58. The number of hydrogen-bond donors (Lipinski definition) is 0. The van der Waals surface area contributed by atoms with Crippen molar-refractivity contribution in [3.63, 3.8) is 0 Å². The number of hydrogen-bond acceptors (Lipinski definition) is 4. The highest BCUT2D eigenvalue weighted by molar-refractivity contribution is 6.09. The SMILES string of the molecule is C=Cc1nc2c3c(c4ccccc4c2nc1/C=C\OC)OC(C)(C)C1CCC(C)CC31. The van der Waals surface area contributed by atoms with Gasteiger partial charge in [0.25, 0.3) is 0 Å². The van der Waals surface area contributed by atoms with Crippen LogP contribution in [0, 0.1) is 11.8 Å². The third kappa shape index (κ3) is 3.12. The zero-order chi connectivity index (χ0) is 21.8. The van der Waals surface area contributed by atoms with Crippen molar-refractivity contribution in [2.45, 2.75) is 51.6 Å². The van der Waals surface area contributed by atoms with Crippen LogP contribution in [-0.4, -0.2) is 22.7 Å². The van der Waals surface area contributed by atoms with Crippen molar-refractivity contribution in [3.8, 4) is 5.75 Å². The Hall–Kier alpha value is -2.88. The van der Waals surface area contributed by atoms with E-state index in [0.29, 0.717) is 17.8 Å². The van der Waals surface area contributed by atoms with E-state index in [2.05, 4.69) is 51.6 Å². The van der Waals surface area contributed by atoms with Gasteiger partial charge >= 0.3 is 0 Å². The van der Waals surface area contributed by atoms with E-state index in [0.717, 1.165) is 45.4 Å². The maximum atomic E-state index is 6.79. The van der Waals surface area contributed by atoms with Crippen molar-refractivity contribution in [3.05, 3.63) is 54.1 Å². The van der Waals surface area contributed by atoms with Crippen molar-refractivity contribution >= 4 is 34.0 Å². The molecule has 3 atom stereocenters.